The number of unbranched alkanes of at least 4 members (excludes halogenated alkanes) is 24. The summed E-state index contributed by atoms with van der Waals surface area (Å²) in [6.45, 7) is 3.38. The maximum atomic E-state index is 12.7. The number of carbonyl (C=O) groups excluding carboxylic acids is 1. The molecule has 0 spiro atoms. The minimum atomic E-state index is -4.54. The van der Waals surface area contributed by atoms with Crippen LogP contribution in [0.4, 0.5) is 0 Å². The van der Waals surface area contributed by atoms with Crippen LogP contribution in [0.1, 0.15) is 226 Å². The molecule has 0 aromatic rings. The maximum Gasteiger partial charge on any atom is 0.472 e. The highest BCUT2D eigenvalue weighted by Gasteiger charge is 2.26. The maximum absolute atomic E-state index is 12.7. The van der Waals surface area contributed by atoms with Crippen molar-refractivity contribution in [1.82, 2.24) is 0 Å². The molecule has 0 aliphatic carbocycles. The number of aliphatic hydroxyl groups is 2. The largest absolute Gasteiger partial charge is 0.472 e. The zero-order valence-electron chi connectivity index (χ0n) is 41.7. The van der Waals surface area contributed by atoms with Crippen LogP contribution in [0, 0.1) is 0 Å². The number of esters is 1. The number of hydrogen-bond donors (Lipinski definition) is 3. The molecule has 0 saturated heterocycles. The van der Waals surface area contributed by atoms with Gasteiger partial charge < -0.3 is 24.6 Å². The third-order valence-electron chi connectivity index (χ3n) is 11.2. The zero-order valence-corrected chi connectivity index (χ0v) is 42.6. The molecule has 0 radical (unpaired) electrons. The van der Waals surface area contributed by atoms with E-state index in [2.05, 4.69) is 86.8 Å². The van der Waals surface area contributed by atoms with Gasteiger partial charge in [-0.1, -0.05) is 228 Å². The van der Waals surface area contributed by atoms with Crippen LogP contribution < -0.4 is 0 Å². The van der Waals surface area contributed by atoms with Gasteiger partial charge in [0.05, 0.1) is 26.4 Å². The Bertz CT molecular complexity index is 1240. The molecule has 0 saturated carbocycles. The Kier molecular flexibility index (Phi) is 49.6. The molecular formula is C55H99O9P. The second-order valence-electron chi connectivity index (χ2n) is 17.5. The third-order valence-corrected chi connectivity index (χ3v) is 12.1. The number of ether oxygens (including phenoxy) is 2. The molecule has 10 heteroatoms. The molecule has 0 aliphatic rings. The molecule has 3 atom stereocenters. The van der Waals surface area contributed by atoms with Crippen LogP contribution in [0.3, 0.4) is 0 Å². The van der Waals surface area contributed by atoms with E-state index in [4.69, 9.17) is 23.6 Å². The zero-order chi connectivity index (χ0) is 47.4. The summed E-state index contributed by atoms with van der Waals surface area (Å²) in [6.07, 6.45) is 63.1. The number of phosphoric acid groups is 1. The van der Waals surface area contributed by atoms with E-state index in [9.17, 15) is 19.4 Å². The quantitative estimate of drug-likeness (QED) is 0.0236. The molecule has 3 N–H and O–H groups in total. The molecule has 3 unspecified atom stereocenters. The first-order valence-corrected chi connectivity index (χ1v) is 27.9. The topological polar surface area (TPSA) is 132 Å². The van der Waals surface area contributed by atoms with Crippen LogP contribution in [-0.4, -0.2) is 66.3 Å². The van der Waals surface area contributed by atoms with E-state index in [0.717, 1.165) is 70.6 Å². The lowest BCUT2D eigenvalue weighted by Gasteiger charge is -2.20. The minimum absolute atomic E-state index is 0.0306. The number of allylic oxidation sites excluding steroid dienone is 12. The van der Waals surface area contributed by atoms with Crippen LogP contribution in [0.5, 0.6) is 0 Å². The number of hydrogen-bond acceptors (Lipinski definition) is 8. The highest BCUT2D eigenvalue weighted by Crippen LogP contribution is 2.43. The van der Waals surface area contributed by atoms with Crippen molar-refractivity contribution < 1.29 is 43.0 Å². The monoisotopic (exact) mass is 935 g/mol. The Balaban J connectivity index is 4.12. The van der Waals surface area contributed by atoms with Crippen LogP contribution in [0.15, 0.2) is 72.9 Å². The first kappa shape index (κ1) is 62.9. The molecule has 0 aromatic carbocycles. The van der Waals surface area contributed by atoms with Crippen LogP contribution in [0.25, 0.3) is 0 Å². The van der Waals surface area contributed by atoms with Crippen molar-refractivity contribution in [2.45, 2.75) is 238 Å². The van der Waals surface area contributed by atoms with E-state index in [1.807, 2.05) is 0 Å². The Labute approximate surface area is 399 Å². The predicted octanol–water partition coefficient (Wildman–Crippen LogP) is 15.7. The van der Waals surface area contributed by atoms with Gasteiger partial charge in [0.15, 0.2) is 0 Å². The van der Waals surface area contributed by atoms with E-state index in [0.29, 0.717) is 13.0 Å². The summed E-state index contributed by atoms with van der Waals surface area (Å²) in [4.78, 5) is 22.7. The van der Waals surface area contributed by atoms with Crippen molar-refractivity contribution in [3.8, 4) is 0 Å². The van der Waals surface area contributed by atoms with Crippen molar-refractivity contribution >= 4 is 13.8 Å². The summed E-state index contributed by atoms with van der Waals surface area (Å²) in [7, 11) is -4.54. The second-order valence-corrected chi connectivity index (χ2v) is 19.0. The molecule has 0 aliphatic heterocycles. The number of rotatable bonds is 50. The molecule has 9 nitrogen and oxygen atoms in total. The fraction of sp³-hybridized carbons (Fsp3) is 0.764. The molecule has 65 heavy (non-hydrogen) atoms. The fourth-order valence-corrected chi connectivity index (χ4v) is 7.97. The smallest absolute Gasteiger partial charge is 0.457 e. The first-order chi connectivity index (χ1) is 31.8. The average Bonchev–Trinajstić information content (AvgIpc) is 3.30. The first-order valence-electron chi connectivity index (χ1n) is 26.4. The van der Waals surface area contributed by atoms with Crippen LogP contribution in [-0.2, 0) is 27.9 Å². The Hall–Kier alpha value is -2.10. The van der Waals surface area contributed by atoms with Gasteiger partial charge in [0.1, 0.15) is 12.2 Å². The molecule has 378 valence electrons. The summed E-state index contributed by atoms with van der Waals surface area (Å²) in [5, 5.41) is 18.4. The van der Waals surface area contributed by atoms with Gasteiger partial charge >= 0.3 is 13.8 Å². The average molecular weight is 935 g/mol. The van der Waals surface area contributed by atoms with E-state index in [1.54, 1.807) is 0 Å². The molecule has 0 rings (SSSR count). The standard InChI is InChI=1S/C55H99O9P/c1-3-5-7-9-11-13-15-17-19-21-23-25-26-28-30-32-34-36-38-40-42-44-46-48-61-51-54(52-63-65(59,60)62-50-53(57)49-56)64-55(58)47-45-43-41-39-37-35-33-31-29-27-24-22-20-18-16-14-12-10-8-6-4-2/h6,8,12,14,18,20,24,27,31,33,37,39,53-54,56-57H,3-5,7,9-11,13,15-17,19,21-23,25-26,28-30,32,34-36,38,40-52H2,1-2H3,(H,59,60)/b8-6-,14-12-,20-18-,27-24-,33-31-,39-37-. The highest BCUT2D eigenvalue weighted by atomic mass is 31.2. The predicted molar refractivity (Wildman–Crippen MR) is 274 cm³/mol. The third kappa shape index (κ3) is 51.1. The Morgan fingerprint density at radius 3 is 1.29 bits per heavy atom. The van der Waals surface area contributed by atoms with Crippen molar-refractivity contribution in [3.63, 3.8) is 0 Å². The van der Waals surface area contributed by atoms with Gasteiger partial charge in [-0.2, -0.15) is 0 Å². The van der Waals surface area contributed by atoms with Gasteiger partial charge in [0.25, 0.3) is 0 Å². The van der Waals surface area contributed by atoms with Crippen molar-refractivity contribution in [1.29, 1.82) is 0 Å². The summed E-state index contributed by atoms with van der Waals surface area (Å²) in [6, 6.07) is 0. The van der Waals surface area contributed by atoms with Gasteiger partial charge in [-0.3, -0.25) is 13.8 Å². The van der Waals surface area contributed by atoms with Gasteiger partial charge in [-0.15, -0.1) is 0 Å². The SMILES string of the molecule is CC/C=C\C/C=C\C/C=C\C/C=C\C/C=C\C/C=C\CCCCC(=O)OC(COCCCCCCCCCCCCCCCCCCCCCCCCC)COP(=O)(O)OCC(O)CO. The summed E-state index contributed by atoms with van der Waals surface area (Å²) in [5.74, 6) is -0.422. The van der Waals surface area contributed by atoms with Crippen molar-refractivity contribution in [2.75, 3.05) is 33.0 Å². The number of phosphoric ester groups is 1. The molecule has 0 fully saturated rings. The number of carbonyl (C=O) groups is 1. The van der Waals surface area contributed by atoms with E-state index >= 15 is 0 Å². The van der Waals surface area contributed by atoms with Crippen LogP contribution >= 0.6 is 7.82 Å². The van der Waals surface area contributed by atoms with E-state index < -0.39 is 45.8 Å². The van der Waals surface area contributed by atoms with Gasteiger partial charge in [0, 0.05) is 13.0 Å². The van der Waals surface area contributed by atoms with Gasteiger partial charge in [-0.25, -0.2) is 4.57 Å². The molecular weight excluding hydrogens is 836 g/mol. The Morgan fingerprint density at radius 2 is 0.877 bits per heavy atom. The number of aliphatic hydroxyl groups excluding tert-OH is 2. The summed E-state index contributed by atoms with van der Waals surface area (Å²) < 4.78 is 33.5. The van der Waals surface area contributed by atoms with Crippen molar-refractivity contribution in [2.24, 2.45) is 0 Å². The summed E-state index contributed by atoms with van der Waals surface area (Å²) >= 11 is 0. The normalized spacial score (nSPS) is 14.4. The second kappa shape index (κ2) is 51.3. The lowest BCUT2D eigenvalue weighted by molar-refractivity contribution is -0.154. The van der Waals surface area contributed by atoms with E-state index in [-0.39, 0.29) is 13.0 Å². The lowest BCUT2D eigenvalue weighted by atomic mass is 10.0. The lowest BCUT2D eigenvalue weighted by Crippen LogP contribution is -2.29. The van der Waals surface area contributed by atoms with E-state index in [1.165, 1.54) is 128 Å². The minimum Gasteiger partial charge on any atom is -0.457 e. The van der Waals surface area contributed by atoms with Gasteiger partial charge in [-0.05, 0) is 64.2 Å². The fourth-order valence-electron chi connectivity index (χ4n) is 7.18. The molecule has 0 amide bonds. The Morgan fingerprint density at radius 1 is 0.492 bits per heavy atom. The molecule has 0 heterocycles. The highest BCUT2D eigenvalue weighted by molar-refractivity contribution is 7.47. The molecule has 0 bridgehead atoms. The van der Waals surface area contributed by atoms with Crippen molar-refractivity contribution in [3.05, 3.63) is 72.9 Å². The summed E-state index contributed by atoms with van der Waals surface area (Å²) in [5.41, 5.74) is 0. The molecule has 0 aromatic heterocycles. The van der Waals surface area contributed by atoms with Gasteiger partial charge in [0.2, 0.25) is 0 Å². The van der Waals surface area contributed by atoms with Crippen LogP contribution in [0.2, 0.25) is 0 Å².